The lowest BCUT2D eigenvalue weighted by molar-refractivity contribution is -0.113. The Morgan fingerprint density at radius 2 is 1.76 bits per heavy atom. The molecule has 0 unspecified atom stereocenters. The summed E-state index contributed by atoms with van der Waals surface area (Å²) in [6.07, 6.45) is 1.99. The van der Waals surface area contributed by atoms with Crippen LogP contribution in [0.5, 0.6) is 0 Å². The van der Waals surface area contributed by atoms with Crippen LogP contribution in [-0.2, 0) is 4.79 Å². The van der Waals surface area contributed by atoms with Crippen molar-refractivity contribution in [3.05, 3.63) is 65.4 Å². The zero-order chi connectivity index (χ0) is 20.8. The SMILES string of the molecule is CSc1sc(NC(=O)c2ccccc2SCC(=O)Nc2ccc(C)cc2)nc1C. The molecule has 0 aliphatic rings. The summed E-state index contributed by atoms with van der Waals surface area (Å²) >= 11 is 4.40. The number of benzene rings is 2. The van der Waals surface area contributed by atoms with Crippen LogP contribution in [0.1, 0.15) is 21.6 Å². The molecular formula is C21H21N3O2S3. The van der Waals surface area contributed by atoms with Gasteiger partial charge in [-0.05, 0) is 44.4 Å². The molecule has 3 aromatic rings. The average Bonchev–Trinajstić information content (AvgIpc) is 3.07. The quantitative estimate of drug-likeness (QED) is 0.474. The van der Waals surface area contributed by atoms with E-state index >= 15 is 0 Å². The molecule has 2 aromatic carbocycles. The number of thioether (sulfide) groups is 2. The third-order valence-electron chi connectivity index (χ3n) is 3.99. The molecule has 0 atom stereocenters. The van der Waals surface area contributed by atoms with Crippen molar-refractivity contribution in [3.8, 4) is 0 Å². The molecule has 0 fully saturated rings. The zero-order valence-electron chi connectivity index (χ0n) is 16.3. The van der Waals surface area contributed by atoms with Crippen LogP contribution in [0.15, 0.2) is 57.6 Å². The maximum Gasteiger partial charge on any atom is 0.258 e. The van der Waals surface area contributed by atoms with E-state index in [9.17, 15) is 9.59 Å². The molecule has 29 heavy (non-hydrogen) atoms. The molecule has 2 N–H and O–H groups in total. The van der Waals surface area contributed by atoms with Crippen molar-refractivity contribution >= 4 is 57.5 Å². The molecule has 8 heteroatoms. The lowest BCUT2D eigenvalue weighted by atomic mass is 10.2. The number of hydrogen-bond donors (Lipinski definition) is 2. The maximum atomic E-state index is 12.7. The van der Waals surface area contributed by atoms with Crippen LogP contribution in [0.25, 0.3) is 0 Å². The van der Waals surface area contributed by atoms with E-state index in [0.717, 1.165) is 26.0 Å². The highest BCUT2D eigenvalue weighted by molar-refractivity contribution is 8.00. The second-order valence-electron chi connectivity index (χ2n) is 6.25. The smallest absolute Gasteiger partial charge is 0.258 e. The van der Waals surface area contributed by atoms with Crippen LogP contribution in [0, 0.1) is 13.8 Å². The number of carbonyl (C=O) groups is 2. The fraction of sp³-hybridized carbons (Fsp3) is 0.190. The van der Waals surface area contributed by atoms with Crippen molar-refractivity contribution < 1.29 is 9.59 Å². The summed E-state index contributed by atoms with van der Waals surface area (Å²) < 4.78 is 1.08. The predicted molar refractivity (Wildman–Crippen MR) is 124 cm³/mol. The second-order valence-corrected chi connectivity index (χ2v) is 9.34. The number of anilines is 2. The van der Waals surface area contributed by atoms with Crippen molar-refractivity contribution in [2.75, 3.05) is 22.6 Å². The molecule has 150 valence electrons. The van der Waals surface area contributed by atoms with Gasteiger partial charge < -0.3 is 5.32 Å². The van der Waals surface area contributed by atoms with Crippen molar-refractivity contribution in [2.24, 2.45) is 0 Å². The fourth-order valence-corrected chi connectivity index (χ4v) is 5.00. The Hall–Kier alpha value is -2.29. The Morgan fingerprint density at radius 3 is 2.45 bits per heavy atom. The number of aromatic nitrogens is 1. The van der Waals surface area contributed by atoms with E-state index in [2.05, 4.69) is 15.6 Å². The number of aryl methyl sites for hydroxylation is 2. The Balaban J connectivity index is 1.64. The van der Waals surface area contributed by atoms with Crippen molar-refractivity contribution in [1.29, 1.82) is 0 Å². The van der Waals surface area contributed by atoms with Gasteiger partial charge in [-0.2, -0.15) is 0 Å². The monoisotopic (exact) mass is 443 g/mol. The predicted octanol–water partition coefficient (Wildman–Crippen LogP) is 5.46. The first-order chi connectivity index (χ1) is 14.0. The van der Waals surface area contributed by atoms with E-state index in [0.29, 0.717) is 10.7 Å². The molecule has 5 nitrogen and oxygen atoms in total. The summed E-state index contributed by atoms with van der Waals surface area (Å²) in [5.74, 6) is -0.131. The van der Waals surface area contributed by atoms with Crippen LogP contribution in [0.2, 0.25) is 0 Å². The number of hydrogen-bond acceptors (Lipinski definition) is 6. The Kier molecular flexibility index (Phi) is 7.35. The number of amides is 2. The topological polar surface area (TPSA) is 71.1 Å². The molecule has 0 spiro atoms. The van der Waals surface area contributed by atoms with E-state index < -0.39 is 0 Å². The highest BCUT2D eigenvalue weighted by Gasteiger charge is 2.15. The van der Waals surface area contributed by atoms with Crippen LogP contribution in [0.3, 0.4) is 0 Å². The van der Waals surface area contributed by atoms with Crippen molar-refractivity contribution in [1.82, 2.24) is 4.98 Å². The lowest BCUT2D eigenvalue weighted by Gasteiger charge is -2.09. The largest absolute Gasteiger partial charge is 0.325 e. The Morgan fingerprint density at radius 1 is 1.03 bits per heavy atom. The van der Waals surface area contributed by atoms with Gasteiger partial charge in [-0.15, -0.1) is 23.5 Å². The third kappa shape index (κ3) is 5.85. The third-order valence-corrected chi connectivity index (χ3v) is 7.34. The number of thiazole rings is 1. The van der Waals surface area contributed by atoms with Gasteiger partial charge in [0.05, 0.1) is 21.2 Å². The highest BCUT2D eigenvalue weighted by Crippen LogP contribution is 2.31. The van der Waals surface area contributed by atoms with Gasteiger partial charge in [0.2, 0.25) is 5.91 Å². The number of rotatable bonds is 7. The number of nitrogens with one attached hydrogen (secondary N) is 2. The van der Waals surface area contributed by atoms with Gasteiger partial charge in [-0.3, -0.25) is 14.9 Å². The van der Waals surface area contributed by atoms with Gasteiger partial charge in [0.15, 0.2) is 5.13 Å². The average molecular weight is 444 g/mol. The van der Waals surface area contributed by atoms with Gasteiger partial charge in [0, 0.05) is 10.6 Å². The van der Waals surface area contributed by atoms with E-state index in [1.807, 2.05) is 62.6 Å². The zero-order valence-corrected chi connectivity index (χ0v) is 18.8. The molecule has 0 radical (unpaired) electrons. The maximum absolute atomic E-state index is 12.7. The summed E-state index contributed by atoms with van der Waals surface area (Å²) in [5, 5.41) is 6.32. The second kappa shape index (κ2) is 9.96. The normalized spacial score (nSPS) is 10.6. The van der Waals surface area contributed by atoms with Gasteiger partial charge in [-0.25, -0.2) is 4.98 Å². The van der Waals surface area contributed by atoms with Crippen molar-refractivity contribution in [2.45, 2.75) is 23.0 Å². The van der Waals surface area contributed by atoms with E-state index in [1.54, 1.807) is 17.8 Å². The molecule has 3 rings (SSSR count). The van der Waals surface area contributed by atoms with Crippen LogP contribution < -0.4 is 10.6 Å². The first-order valence-electron chi connectivity index (χ1n) is 8.87. The number of nitrogens with zero attached hydrogens (tertiary/aromatic N) is 1. The summed E-state index contributed by atoms with van der Waals surface area (Å²) in [6, 6.07) is 14.9. The molecule has 0 aliphatic carbocycles. The van der Waals surface area contributed by atoms with Gasteiger partial charge in [0.25, 0.3) is 5.91 Å². The first-order valence-corrected chi connectivity index (χ1v) is 11.9. The van der Waals surface area contributed by atoms with Crippen LogP contribution in [0.4, 0.5) is 10.8 Å². The minimum atomic E-state index is -0.228. The lowest BCUT2D eigenvalue weighted by Crippen LogP contribution is -2.15. The van der Waals surface area contributed by atoms with Crippen molar-refractivity contribution in [3.63, 3.8) is 0 Å². The Bertz CT molecular complexity index is 1020. The minimum Gasteiger partial charge on any atom is -0.325 e. The van der Waals surface area contributed by atoms with Crippen LogP contribution >= 0.6 is 34.9 Å². The summed E-state index contributed by atoms with van der Waals surface area (Å²) in [7, 11) is 0. The molecule has 0 saturated carbocycles. The van der Waals surface area contributed by atoms with E-state index in [-0.39, 0.29) is 17.6 Å². The minimum absolute atomic E-state index is 0.116. The van der Waals surface area contributed by atoms with E-state index in [4.69, 9.17) is 0 Å². The molecule has 0 aliphatic heterocycles. The van der Waals surface area contributed by atoms with Gasteiger partial charge in [0.1, 0.15) is 0 Å². The first kappa shape index (κ1) is 21.4. The fourth-order valence-electron chi connectivity index (χ4n) is 2.55. The molecule has 0 saturated heterocycles. The summed E-state index contributed by atoms with van der Waals surface area (Å²) in [6.45, 7) is 3.92. The van der Waals surface area contributed by atoms with Gasteiger partial charge >= 0.3 is 0 Å². The van der Waals surface area contributed by atoms with Crippen LogP contribution in [-0.4, -0.2) is 28.8 Å². The van der Waals surface area contributed by atoms with Gasteiger partial charge in [-0.1, -0.05) is 41.2 Å². The highest BCUT2D eigenvalue weighted by atomic mass is 32.2. The Labute approximate surface area is 182 Å². The summed E-state index contributed by atoms with van der Waals surface area (Å²) in [5.41, 5.74) is 3.33. The molecule has 0 bridgehead atoms. The molecule has 1 aromatic heterocycles. The van der Waals surface area contributed by atoms with E-state index in [1.165, 1.54) is 23.1 Å². The molecular weight excluding hydrogens is 422 g/mol. The summed E-state index contributed by atoms with van der Waals surface area (Å²) in [4.78, 5) is 30.2. The number of carbonyl (C=O) groups excluding carboxylic acids is 2. The standard InChI is InChI=1S/C21H21N3O2S3/c1-13-8-10-15(11-9-13)23-18(25)12-28-17-7-5-4-6-16(17)19(26)24-21-22-14(2)20(27-3)29-21/h4-11H,12H2,1-3H3,(H,23,25)(H,22,24,26). The molecule has 2 amide bonds. The molecule has 1 heterocycles.